The molecule has 0 aliphatic carbocycles. The molecule has 2 rings (SSSR count). The Morgan fingerprint density at radius 1 is 1.23 bits per heavy atom. The van der Waals surface area contributed by atoms with E-state index in [2.05, 4.69) is 25.8 Å². The molecule has 2 heterocycles. The van der Waals surface area contributed by atoms with E-state index in [9.17, 15) is 0 Å². The molecular weight excluding hydrogens is 174 g/mol. The Bertz CT molecular complexity index is 185. The summed E-state index contributed by atoms with van der Waals surface area (Å²) < 4.78 is 0. The molecule has 0 saturated carbocycles. The fourth-order valence-electron chi connectivity index (χ4n) is 3.54. The lowest BCUT2D eigenvalue weighted by Gasteiger charge is -2.22. The third kappa shape index (κ3) is 1.71. The summed E-state index contributed by atoms with van der Waals surface area (Å²) in [5.41, 5.74) is 0. The number of rotatable bonds is 1. The van der Waals surface area contributed by atoms with Crippen LogP contribution in [-0.4, -0.2) is 32.2 Å². The minimum atomic E-state index is -0.732. The summed E-state index contributed by atoms with van der Waals surface area (Å²) in [4.78, 5) is 2.67. The lowest BCUT2D eigenvalue weighted by Crippen LogP contribution is -2.34. The minimum absolute atomic E-state index is 0.732. The van der Waals surface area contributed by atoms with Crippen molar-refractivity contribution in [3.05, 3.63) is 0 Å². The third-order valence-electron chi connectivity index (χ3n) is 4.23. The van der Waals surface area contributed by atoms with Crippen LogP contribution in [0, 0.1) is 5.92 Å². The van der Waals surface area contributed by atoms with Gasteiger partial charge in [0.1, 0.15) is 0 Å². The summed E-state index contributed by atoms with van der Waals surface area (Å²) in [5, 5.41) is 0. The molecule has 2 aliphatic heterocycles. The summed E-state index contributed by atoms with van der Waals surface area (Å²) in [5.74, 6) is 0.873. The lowest BCUT2D eigenvalue weighted by atomic mass is 10.1. The zero-order valence-corrected chi connectivity index (χ0v) is 10.3. The van der Waals surface area contributed by atoms with E-state index in [1.165, 1.54) is 6.17 Å². The first-order valence-corrected chi connectivity index (χ1v) is 8.66. The van der Waals surface area contributed by atoms with Crippen molar-refractivity contribution < 1.29 is 0 Å². The number of nitrogens with zero attached hydrogens (tertiary/aromatic N) is 1. The van der Waals surface area contributed by atoms with E-state index < -0.39 is 8.07 Å². The third-order valence-corrected chi connectivity index (χ3v) is 9.51. The highest BCUT2D eigenvalue weighted by atomic mass is 28.3. The highest BCUT2D eigenvalue weighted by molar-refractivity contribution is 6.81. The van der Waals surface area contributed by atoms with E-state index in [1.54, 1.807) is 31.0 Å². The van der Waals surface area contributed by atoms with Gasteiger partial charge in [0.05, 0.1) is 8.07 Å². The van der Waals surface area contributed by atoms with Gasteiger partial charge < -0.3 is 4.90 Å². The molecule has 1 spiro atoms. The van der Waals surface area contributed by atoms with Gasteiger partial charge in [0, 0.05) is 6.04 Å². The number of hydrogen-bond acceptors (Lipinski definition) is 1. The Morgan fingerprint density at radius 2 is 1.85 bits per heavy atom. The van der Waals surface area contributed by atoms with Crippen LogP contribution in [0.2, 0.25) is 18.1 Å². The summed E-state index contributed by atoms with van der Waals surface area (Å²) in [6.07, 6.45) is 4.60. The predicted molar refractivity (Wildman–Crippen MR) is 60.7 cm³/mol. The first kappa shape index (κ1) is 9.72. The van der Waals surface area contributed by atoms with Gasteiger partial charge in [-0.3, -0.25) is 0 Å². The van der Waals surface area contributed by atoms with Crippen molar-refractivity contribution in [1.29, 1.82) is 0 Å². The van der Waals surface area contributed by atoms with Crippen LogP contribution in [-0.2, 0) is 0 Å². The smallest absolute Gasteiger partial charge is 0.0706 e. The molecule has 2 fully saturated rings. The minimum Gasteiger partial charge on any atom is -0.306 e. The lowest BCUT2D eigenvalue weighted by molar-refractivity contribution is 0.258. The second-order valence-electron chi connectivity index (χ2n) is 5.64. The van der Waals surface area contributed by atoms with Gasteiger partial charge in [-0.2, -0.15) is 0 Å². The van der Waals surface area contributed by atoms with Gasteiger partial charge in [-0.25, -0.2) is 0 Å². The largest absolute Gasteiger partial charge is 0.306 e. The average Bonchev–Trinajstić information content (AvgIpc) is 2.60. The number of hydrogen-bond donors (Lipinski definition) is 0. The molecule has 13 heavy (non-hydrogen) atoms. The van der Waals surface area contributed by atoms with Crippen LogP contribution in [0.5, 0.6) is 0 Å². The van der Waals surface area contributed by atoms with E-state index >= 15 is 0 Å². The molecule has 0 amide bonds. The van der Waals surface area contributed by atoms with Crippen molar-refractivity contribution in [2.75, 3.05) is 13.2 Å². The molecule has 2 saturated heterocycles. The molecule has 0 radical (unpaired) electrons. The molecule has 0 aromatic heterocycles. The first-order chi connectivity index (χ1) is 6.13. The van der Waals surface area contributed by atoms with Gasteiger partial charge in [0.15, 0.2) is 0 Å². The molecule has 1 unspecified atom stereocenters. The SMILES string of the molecule is CC(C)C1C[Si]2(CCCC2)CN1C. The fraction of sp³-hybridized carbons (Fsp3) is 1.00. The van der Waals surface area contributed by atoms with Gasteiger partial charge in [0.25, 0.3) is 0 Å². The first-order valence-electron chi connectivity index (χ1n) is 5.83. The van der Waals surface area contributed by atoms with Gasteiger partial charge in [0.2, 0.25) is 0 Å². The standard InChI is InChI=1S/C11H23NSi/c1-10(2)11-8-13(9-12(11)3)6-4-5-7-13/h10-11H,4-9H2,1-3H3. The van der Waals surface area contributed by atoms with Crippen molar-refractivity contribution in [1.82, 2.24) is 4.90 Å². The van der Waals surface area contributed by atoms with Crippen molar-refractivity contribution >= 4 is 8.07 Å². The molecule has 0 N–H and O–H groups in total. The van der Waals surface area contributed by atoms with Crippen LogP contribution in [0.4, 0.5) is 0 Å². The van der Waals surface area contributed by atoms with Crippen LogP contribution in [0.3, 0.4) is 0 Å². The maximum absolute atomic E-state index is 2.67. The van der Waals surface area contributed by atoms with E-state index in [-0.39, 0.29) is 0 Å². The zero-order valence-electron chi connectivity index (χ0n) is 9.34. The highest BCUT2D eigenvalue weighted by Crippen LogP contribution is 2.41. The van der Waals surface area contributed by atoms with Crippen LogP contribution < -0.4 is 0 Å². The van der Waals surface area contributed by atoms with E-state index in [0.717, 1.165) is 12.0 Å². The molecule has 0 aromatic carbocycles. The summed E-state index contributed by atoms with van der Waals surface area (Å²) in [7, 11) is 1.62. The Hall–Kier alpha value is 0.177. The van der Waals surface area contributed by atoms with Crippen LogP contribution in [0.25, 0.3) is 0 Å². The van der Waals surface area contributed by atoms with E-state index in [1.807, 2.05) is 0 Å². The topological polar surface area (TPSA) is 3.24 Å². The second-order valence-corrected chi connectivity index (χ2v) is 10.4. The average molecular weight is 197 g/mol. The quantitative estimate of drug-likeness (QED) is 0.584. The van der Waals surface area contributed by atoms with Crippen LogP contribution in [0.1, 0.15) is 26.7 Å². The van der Waals surface area contributed by atoms with Crippen molar-refractivity contribution in [2.45, 2.75) is 50.9 Å². The van der Waals surface area contributed by atoms with Gasteiger partial charge in [-0.1, -0.05) is 38.8 Å². The molecular formula is C11H23NSi. The van der Waals surface area contributed by atoms with Crippen LogP contribution >= 0.6 is 0 Å². The summed E-state index contributed by atoms with van der Waals surface area (Å²) >= 11 is 0. The fourth-order valence-corrected chi connectivity index (χ4v) is 9.61. The molecule has 2 aliphatic rings. The Balaban J connectivity index is 2.05. The van der Waals surface area contributed by atoms with Crippen molar-refractivity contribution in [3.63, 3.8) is 0 Å². The van der Waals surface area contributed by atoms with Gasteiger partial charge in [-0.15, -0.1) is 0 Å². The molecule has 1 atom stereocenters. The van der Waals surface area contributed by atoms with E-state index in [0.29, 0.717) is 0 Å². The van der Waals surface area contributed by atoms with Gasteiger partial charge >= 0.3 is 0 Å². The Morgan fingerprint density at radius 3 is 2.31 bits per heavy atom. The maximum atomic E-state index is 2.67. The molecule has 1 nitrogen and oxygen atoms in total. The molecule has 2 heteroatoms. The molecule has 0 aromatic rings. The Labute approximate surface area is 83.5 Å². The Kier molecular flexibility index (Phi) is 2.54. The summed E-state index contributed by atoms with van der Waals surface area (Å²) in [6.45, 7) is 4.78. The van der Waals surface area contributed by atoms with Crippen LogP contribution in [0.15, 0.2) is 0 Å². The van der Waals surface area contributed by atoms with Gasteiger partial charge in [-0.05, 0) is 25.2 Å². The van der Waals surface area contributed by atoms with E-state index in [4.69, 9.17) is 0 Å². The monoisotopic (exact) mass is 197 g/mol. The zero-order chi connectivity index (χ0) is 9.47. The summed E-state index contributed by atoms with van der Waals surface area (Å²) in [6, 6.07) is 5.81. The molecule has 76 valence electrons. The predicted octanol–water partition coefficient (Wildman–Crippen LogP) is 2.74. The molecule has 0 bridgehead atoms. The van der Waals surface area contributed by atoms with Crippen molar-refractivity contribution in [2.24, 2.45) is 5.92 Å². The normalized spacial score (nSPS) is 33.7. The highest BCUT2D eigenvalue weighted by Gasteiger charge is 2.46. The second kappa shape index (κ2) is 3.39. The van der Waals surface area contributed by atoms with Crippen molar-refractivity contribution in [3.8, 4) is 0 Å². The maximum Gasteiger partial charge on any atom is 0.0706 e.